The first-order valence-electron chi connectivity index (χ1n) is 7.56. The third-order valence-corrected chi connectivity index (χ3v) is 3.83. The summed E-state index contributed by atoms with van der Waals surface area (Å²) in [4.78, 5) is 25.6. The lowest BCUT2D eigenvalue weighted by Crippen LogP contribution is -2.35. The summed E-state index contributed by atoms with van der Waals surface area (Å²) < 4.78 is 0. The normalized spacial score (nSPS) is 13.4. The van der Waals surface area contributed by atoms with E-state index in [1.807, 2.05) is 13.8 Å². The quantitative estimate of drug-likeness (QED) is 0.818. The minimum absolute atomic E-state index is 0.0150. The molecule has 0 aliphatic heterocycles. The maximum absolute atomic E-state index is 12.2. The molecule has 1 aliphatic rings. The van der Waals surface area contributed by atoms with E-state index in [4.69, 9.17) is 12.2 Å². The van der Waals surface area contributed by atoms with Crippen molar-refractivity contribution in [2.45, 2.75) is 26.7 Å². The third kappa shape index (κ3) is 4.27. The number of carbonyl (C=O) groups is 2. The predicted molar refractivity (Wildman–Crippen MR) is 90.8 cm³/mol. The summed E-state index contributed by atoms with van der Waals surface area (Å²) in [6, 6.07) is 7.08. The Balaban J connectivity index is 1.92. The van der Waals surface area contributed by atoms with Gasteiger partial charge in [-0.15, -0.1) is 0 Å². The molecule has 0 aromatic heterocycles. The zero-order chi connectivity index (χ0) is 16.1. The van der Waals surface area contributed by atoms with Crippen molar-refractivity contribution in [3.05, 3.63) is 29.8 Å². The summed E-state index contributed by atoms with van der Waals surface area (Å²) in [6.07, 6.45) is 1.88. The van der Waals surface area contributed by atoms with E-state index in [2.05, 4.69) is 10.6 Å². The van der Waals surface area contributed by atoms with Gasteiger partial charge in [-0.2, -0.15) is 0 Å². The van der Waals surface area contributed by atoms with Crippen LogP contribution >= 0.6 is 12.2 Å². The van der Waals surface area contributed by atoms with Crippen LogP contribution in [0, 0.1) is 5.92 Å². The first kappa shape index (κ1) is 16.4. The van der Waals surface area contributed by atoms with Crippen LogP contribution in [0.2, 0.25) is 0 Å². The summed E-state index contributed by atoms with van der Waals surface area (Å²) in [5.74, 6) is 0.112. The van der Waals surface area contributed by atoms with Crippen LogP contribution in [-0.4, -0.2) is 34.9 Å². The van der Waals surface area contributed by atoms with Crippen LogP contribution in [0.3, 0.4) is 0 Å². The Morgan fingerprint density at radius 3 is 2.27 bits per heavy atom. The Bertz CT molecular complexity index is 563. The van der Waals surface area contributed by atoms with Crippen molar-refractivity contribution in [1.82, 2.24) is 10.2 Å². The highest BCUT2D eigenvalue weighted by Crippen LogP contribution is 2.28. The lowest BCUT2D eigenvalue weighted by Gasteiger charge is -2.18. The molecular formula is C16H21N3O2S. The molecule has 1 saturated carbocycles. The van der Waals surface area contributed by atoms with Gasteiger partial charge in [0.25, 0.3) is 5.91 Å². The van der Waals surface area contributed by atoms with Crippen LogP contribution in [0.4, 0.5) is 5.69 Å². The Morgan fingerprint density at radius 1 is 1.18 bits per heavy atom. The van der Waals surface area contributed by atoms with Crippen LogP contribution in [0.15, 0.2) is 24.3 Å². The molecule has 0 atom stereocenters. The molecule has 1 aromatic rings. The number of amides is 2. The molecule has 0 bridgehead atoms. The van der Waals surface area contributed by atoms with E-state index in [1.165, 1.54) is 0 Å². The molecule has 1 aliphatic carbocycles. The van der Waals surface area contributed by atoms with E-state index >= 15 is 0 Å². The number of nitrogens with one attached hydrogen (secondary N) is 2. The second kappa shape index (κ2) is 7.35. The molecule has 0 radical (unpaired) electrons. The molecule has 22 heavy (non-hydrogen) atoms. The molecule has 2 rings (SSSR count). The van der Waals surface area contributed by atoms with Gasteiger partial charge >= 0.3 is 0 Å². The van der Waals surface area contributed by atoms with E-state index in [-0.39, 0.29) is 17.7 Å². The fraction of sp³-hybridized carbons (Fsp3) is 0.438. The largest absolute Gasteiger partial charge is 0.339 e. The first-order valence-corrected chi connectivity index (χ1v) is 7.97. The van der Waals surface area contributed by atoms with Gasteiger partial charge < -0.3 is 15.5 Å². The summed E-state index contributed by atoms with van der Waals surface area (Å²) in [6.45, 7) is 5.29. The van der Waals surface area contributed by atoms with E-state index in [0.717, 1.165) is 18.5 Å². The summed E-state index contributed by atoms with van der Waals surface area (Å²) in [5.41, 5.74) is 1.39. The minimum atomic E-state index is -0.0224. The molecule has 1 fully saturated rings. The number of rotatable bonds is 5. The second-order valence-electron chi connectivity index (χ2n) is 5.27. The van der Waals surface area contributed by atoms with Crippen molar-refractivity contribution >= 4 is 34.8 Å². The van der Waals surface area contributed by atoms with Gasteiger partial charge in [-0.3, -0.25) is 9.59 Å². The van der Waals surface area contributed by atoms with Crippen LogP contribution in [0.1, 0.15) is 37.0 Å². The molecule has 5 nitrogen and oxygen atoms in total. The van der Waals surface area contributed by atoms with E-state index in [9.17, 15) is 9.59 Å². The lowest BCUT2D eigenvalue weighted by atomic mass is 10.2. The molecule has 2 amide bonds. The highest BCUT2D eigenvalue weighted by Gasteiger charge is 2.30. The monoisotopic (exact) mass is 319 g/mol. The molecule has 0 unspecified atom stereocenters. The van der Waals surface area contributed by atoms with Crippen molar-refractivity contribution in [1.29, 1.82) is 0 Å². The summed E-state index contributed by atoms with van der Waals surface area (Å²) >= 11 is 5.10. The zero-order valence-electron chi connectivity index (χ0n) is 12.9. The molecule has 2 N–H and O–H groups in total. The number of carbonyl (C=O) groups excluding carboxylic acids is 2. The van der Waals surface area contributed by atoms with Crippen molar-refractivity contribution in [3.8, 4) is 0 Å². The van der Waals surface area contributed by atoms with Crippen LogP contribution in [-0.2, 0) is 4.79 Å². The van der Waals surface area contributed by atoms with Crippen molar-refractivity contribution in [2.75, 3.05) is 18.4 Å². The Labute approximate surface area is 136 Å². The number of thiocarbonyl (C=S) groups is 1. The standard InChI is InChI=1S/C16H21N3O2S/c1-3-19(4-2)15(21)12-7-9-13(10-8-12)17-16(22)18-14(20)11-5-6-11/h7-11H,3-6H2,1-2H3,(H2,17,18,20,22). The Kier molecular flexibility index (Phi) is 5.49. The van der Waals surface area contributed by atoms with Gasteiger partial charge in [-0.05, 0) is 63.2 Å². The average molecular weight is 319 g/mol. The van der Waals surface area contributed by atoms with Crippen LogP contribution in [0.25, 0.3) is 0 Å². The summed E-state index contributed by atoms with van der Waals surface area (Å²) in [5, 5.41) is 5.92. The van der Waals surface area contributed by atoms with E-state index in [0.29, 0.717) is 23.8 Å². The lowest BCUT2D eigenvalue weighted by molar-refractivity contribution is -0.120. The maximum Gasteiger partial charge on any atom is 0.253 e. The van der Waals surface area contributed by atoms with Gasteiger partial charge in [-0.1, -0.05) is 0 Å². The number of anilines is 1. The fourth-order valence-electron chi connectivity index (χ4n) is 2.11. The van der Waals surface area contributed by atoms with Gasteiger partial charge in [0.2, 0.25) is 5.91 Å². The third-order valence-electron chi connectivity index (χ3n) is 3.63. The SMILES string of the molecule is CCN(CC)C(=O)c1ccc(NC(=S)NC(=O)C2CC2)cc1. The van der Waals surface area contributed by atoms with Gasteiger partial charge in [0, 0.05) is 30.3 Å². The second-order valence-corrected chi connectivity index (χ2v) is 5.68. The maximum atomic E-state index is 12.2. The Morgan fingerprint density at radius 2 is 1.77 bits per heavy atom. The molecule has 6 heteroatoms. The fourth-order valence-corrected chi connectivity index (χ4v) is 2.33. The highest BCUT2D eigenvalue weighted by molar-refractivity contribution is 7.80. The summed E-state index contributed by atoms with van der Waals surface area (Å²) in [7, 11) is 0. The van der Waals surface area contributed by atoms with E-state index in [1.54, 1.807) is 29.2 Å². The van der Waals surface area contributed by atoms with Crippen molar-refractivity contribution < 1.29 is 9.59 Å². The van der Waals surface area contributed by atoms with Crippen molar-refractivity contribution in [2.24, 2.45) is 5.92 Å². The van der Waals surface area contributed by atoms with Crippen molar-refractivity contribution in [3.63, 3.8) is 0 Å². The van der Waals surface area contributed by atoms with Crippen LogP contribution in [0.5, 0.6) is 0 Å². The average Bonchev–Trinajstić information content (AvgIpc) is 3.33. The van der Waals surface area contributed by atoms with Gasteiger partial charge in [0.05, 0.1) is 0 Å². The zero-order valence-corrected chi connectivity index (χ0v) is 13.7. The molecule has 118 valence electrons. The predicted octanol–water partition coefficient (Wildman–Crippen LogP) is 2.39. The van der Waals surface area contributed by atoms with Gasteiger partial charge in [0.1, 0.15) is 0 Å². The Hall–Kier alpha value is -1.95. The molecule has 0 heterocycles. The number of nitrogens with zero attached hydrogens (tertiary/aromatic N) is 1. The van der Waals surface area contributed by atoms with E-state index < -0.39 is 0 Å². The minimum Gasteiger partial charge on any atom is -0.339 e. The number of benzene rings is 1. The molecule has 1 aromatic carbocycles. The smallest absolute Gasteiger partial charge is 0.253 e. The molecule has 0 spiro atoms. The number of hydrogen-bond donors (Lipinski definition) is 2. The number of hydrogen-bond acceptors (Lipinski definition) is 3. The highest BCUT2D eigenvalue weighted by atomic mass is 32.1. The first-order chi connectivity index (χ1) is 10.5. The topological polar surface area (TPSA) is 61.4 Å². The molecular weight excluding hydrogens is 298 g/mol. The van der Waals surface area contributed by atoms with Gasteiger partial charge in [-0.25, -0.2) is 0 Å². The van der Waals surface area contributed by atoms with Crippen LogP contribution < -0.4 is 10.6 Å². The molecule has 0 saturated heterocycles. The van der Waals surface area contributed by atoms with Gasteiger partial charge in [0.15, 0.2) is 5.11 Å².